The second kappa shape index (κ2) is 7.70. The van der Waals surface area contributed by atoms with Crippen LogP contribution in [0.25, 0.3) is 0 Å². The molecule has 0 radical (unpaired) electrons. The standard InChI is InChI=1S/C10H15N2O9P.Na/c1-4-2-12(10(16)11-8(4)15)9-6(14)7(5(3-13)20-9)21-22(17,18)19;/h2,5-7,9,13-14H,3H2,1H3,(H,11,15,16)(H2,17,18,19);/q;+1/p-1/t5-,6-,7-,9-;/m1./s1. The zero-order valence-electron chi connectivity index (χ0n) is 12.3. The minimum Gasteiger partial charge on any atom is -0.756 e. The Morgan fingerprint density at radius 1 is 1.52 bits per heavy atom. The summed E-state index contributed by atoms with van der Waals surface area (Å²) in [5, 5.41) is 19.2. The van der Waals surface area contributed by atoms with Crippen LogP contribution in [0.2, 0.25) is 0 Å². The van der Waals surface area contributed by atoms with Crippen LogP contribution in [0.3, 0.4) is 0 Å². The van der Waals surface area contributed by atoms with E-state index in [0.29, 0.717) is 0 Å². The third-order valence-corrected chi connectivity index (χ3v) is 3.67. The van der Waals surface area contributed by atoms with E-state index in [-0.39, 0.29) is 35.1 Å². The normalized spacial score (nSPS) is 29.8. The van der Waals surface area contributed by atoms with Gasteiger partial charge in [0.1, 0.15) is 18.3 Å². The van der Waals surface area contributed by atoms with Gasteiger partial charge in [0.25, 0.3) is 13.4 Å². The van der Waals surface area contributed by atoms with E-state index in [2.05, 4.69) is 4.52 Å². The summed E-state index contributed by atoms with van der Waals surface area (Å²) in [6, 6.07) is 0. The van der Waals surface area contributed by atoms with Gasteiger partial charge in [0, 0.05) is 11.8 Å². The Morgan fingerprint density at radius 3 is 2.65 bits per heavy atom. The number of H-pyrrole nitrogens is 1. The molecule has 1 aromatic rings. The summed E-state index contributed by atoms with van der Waals surface area (Å²) >= 11 is 0. The van der Waals surface area contributed by atoms with Gasteiger partial charge in [0.2, 0.25) is 0 Å². The van der Waals surface area contributed by atoms with Gasteiger partial charge in [-0.1, -0.05) is 0 Å². The van der Waals surface area contributed by atoms with Crippen molar-refractivity contribution >= 4 is 7.82 Å². The second-order valence-electron chi connectivity index (χ2n) is 4.76. The monoisotopic (exact) mass is 360 g/mol. The van der Waals surface area contributed by atoms with Gasteiger partial charge in [0.15, 0.2) is 6.23 Å². The van der Waals surface area contributed by atoms with Crippen LogP contribution < -0.4 is 45.7 Å². The number of aryl methyl sites for hydroxylation is 1. The largest absolute Gasteiger partial charge is 1.00 e. The Labute approximate surface area is 151 Å². The number of aliphatic hydroxyl groups is 2. The Hall–Kier alpha value is -0.330. The molecule has 0 spiro atoms. The van der Waals surface area contributed by atoms with Crippen molar-refractivity contribution < 1.29 is 63.4 Å². The summed E-state index contributed by atoms with van der Waals surface area (Å²) in [6.45, 7) is 0.683. The first kappa shape index (κ1) is 20.7. The molecule has 1 aliphatic rings. The van der Waals surface area contributed by atoms with Crippen LogP contribution in [0.15, 0.2) is 15.8 Å². The first-order valence-electron chi connectivity index (χ1n) is 6.12. The smallest absolute Gasteiger partial charge is 0.756 e. The van der Waals surface area contributed by atoms with E-state index in [1.54, 1.807) is 0 Å². The first-order chi connectivity index (χ1) is 10.1. The zero-order valence-corrected chi connectivity index (χ0v) is 15.2. The van der Waals surface area contributed by atoms with E-state index in [1.165, 1.54) is 6.92 Å². The van der Waals surface area contributed by atoms with Gasteiger partial charge >= 0.3 is 35.2 Å². The van der Waals surface area contributed by atoms with Crippen molar-refractivity contribution in [1.82, 2.24) is 9.55 Å². The fraction of sp³-hybridized carbons (Fsp3) is 0.600. The number of rotatable bonds is 4. The molecule has 2 heterocycles. The maximum atomic E-state index is 11.8. The van der Waals surface area contributed by atoms with Crippen LogP contribution >= 0.6 is 7.82 Å². The molecule has 0 aliphatic carbocycles. The number of aromatic nitrogens is 2. The molecule has 1 aliphatic heterocycles. The molecule has 0 aromatic carbocycles. The minimum atomic E-state index is -5.20. The number of aliphatic hydroxyl groups excluding tert-OH is 2. The first-order valence-corrected chi connectivity index (χ1v) is 7.62. The van der Waals surface area contributed by atoms with E-state index in [0.717, 1.165) is 10.8 Å². The number of nitrogens with zero attached hydrogens (tertiary/aromatic N) is 1. The molecule has 0 amide bonds. The van der Waals surface area contributed by atoms with Gasteiger partial charge in [-0.15, -0.1) is 0 Å². The van der Waals surface area contributed by atoms with Gasteiger partial charge < -0.3 is 29.3 Å². The predicted molar refractivity (Wildman–Crippen MR) is 67.8 cm³/mol. The molecule has 1 saturated heterocycles. The third kappa shape index (κ3) is 4.60. The van der Waals surface area contributed by atoms with E-state index in [9.17, 15) is 24.2 Å². The predicted octanol–water partition coefficient (Wildman–Crippen LogP) is -6.05. The SMILES string of the molecule is Cc1cn([C@@H]2O[C@H](CO)[C@@H](OP(=O)([O-])O)[C@H]2O)c(=O)[nH]c1=O.[Na+]. The molecule has 4 N–H and O–H groups in total. The number of phosphoric ester groups is 1. The summed E-state index contributed by atoms with van der Waals surface area (Å²) in [4.78, 5) is 44.6. The maximum Gasteiger partial charge on any atom is 1.00 e. The van der Waals surface area contributed by atoms with Crippen molar-refractivity contribution in [1.29, 1.82) is 0 Å². The number of ether oxygens (including phenoxy) is 1. The minimum absolute atomic E-state index is 0. The fourth-order valence-electron chi connectivity index (χ4n) is 2.16. The second-order valence-corrected chi connectivity index (χ2v) is 5.90. The molecule has 11 nitrogen and oxygen atoms in total. The van der Waals surface area contributed by atoms with Crippen molar-refractivity contribution in [3.05, 3.63) is 32.6 Å². The summed E-state index contributed by atoms with van der Waals surface area (Å²) in [5.74, 6) is 0. The molecule has 1 aromatic heterocycles. The number of nitrogens with one attached hydrogen (secondary N) is 1. The van der Waals surface area contributed by atoms with E-state index in [1.807, 2.05) is 4.98 Å². The van der Waals surface area contributed by atoms with Gasteiger partial charge in [-0.3, -0.25) is 18.9 Å². The van der Waals surface area contributed by atoms with Gasteiger partial charge in [-0.2, -0.15) is 0 Å². The van der Waals surface area contributed by atoms with Gasteiger partial charge in [-0.05, 0) is 6.92 Å². The molecule has 13 heteroatoms. The van der Waals surface area contributed by atoms with Crippen LogP contribution in [0.1, 0.15) is 11.8 Å². The van der Waals surface area contributed by atoms with Crippen molar-refractivity contribution in [2.45, 2.75) is 31.5 Å². The fourth-order valence-corrected chi connectivity index (χ4v) is 2.72. The van der Waals surface area contributed by atoms with Crippen molar-refractivity contribution in [3.63, 3.8) is 0 Å². The number of phosphoric acid groups is 1. The molecule has 124 valence electrons. The van der Waals surface area contributed by atoms with Crippen LogP contribution in [-0.2, 0) is 13.8 Å². The zero-order chi connectivity index (χ0) is 16.7. The van der Waals surface area contributed by atoms with E-state index in [4.69, 9.17) is 14.7 Å². The van der Waals surface area contributed by atoms with Crippen molar-refractivity contribution in [2.24, 2.45) is 0 Å². The van der Waals surface area contributed by atoms with Crippen molar-refractivity contribution in [3.8, 4) is 0 Å². The molecule has 0 bridgehead atoms. The molecule has 2 rings (SSSR count). The van der Waals surface area contributed by atoms with Gasteiger partial charge in [0.05, 0.1) is 6.61 Å². The molecular formula is C10H14N2NaO9P. The van der Waals surface area contributed by atoms with Crippen LogP contribution in [0, 0.1) is 6.92 Å². The summed E-state index contributed by atoms with van der Waals surface area (Å²) < 4.78 is 21.1. The molecule has 23 heavy (non-hydrogen) atoms. The Kier molecular flexibility index (Phi) is 6.94. The summed E-state index contributed by atoms with van der Waals surface area (Å²) in [5.41, 5.74) is -1.37. The molecule has 5 atom stereocenters. The number of aromatic amines is 1. The summed E-state index contributed by atoms with van der Waals surface area (Å²) in [7, 11) is -5.20. The van der Waals surface area contributed by atoms with Gasteiger partial charge in [-0.25, -0.2) is 4.79 Å². The summed E-state index contributed by atoms with van der Waals surface area (Å²) in [6.07, 6.45) is -4.89. The number of hydrogen-bond acceptors (Lipinski definition) is 8. The average molecular weight is 360 g/mol. The van der Waals surface area contributed by atoms with Crippen LogP contribution in [0.5, 0.6) is 0 Å². The Bertz CT molecular complexity index is 713. The molecule has 1 unspecified atom stereocenters. The van der Waals surface area contributed by atoms with Crippen molar-refractivity contribution in [2.75, 3.05) is 6.61 Å². The Balaban J connectivity index is 0.00000264. The quantitative estimate of drug-likeness (QED) is 0.301. The molecule has 0 saturated carbocycles. The van der Waals surface area contributed by atoms with E-state index >= 15 is 0 Å². The van der Waals surface area contributed by atoms with Crippen LogP contribution in [-0.4, -0.2) is 49.6 Å². The van der Waals surface area contributed by atoms with Crippen LogP contribution in [0.4, 0.5) is 0 Å². The maximum absolute atomic E-state index is 11.8. The third-order valence-electron chi connectivity index (χ3n) is 3.16. The molecular weight excluding hydrogens is 346 g/mol. The van der Waals surface area contributed by atoms with E-state index < -0.39 is 50.2 Å². The molecule has 1 fully saturated rings. The number of hydrogen-bond donors (Lipinski definition) is 4. The topological polar surface area (TPSA) is 174 Å². The Morgan fingerprint density at radius 2 is 2.13 bits per heavy atom. The average Bonchev–Trinajstić information content (AvgIpc) is 2.69.